The van der Waals surface area contributed by atoms with Crippen molar-refractivity contribution in [3.8, 4) is 11.4 Å². The molecule has 3 N–H and O–H groups in total. The van der Waals surface area contributed by atoms with Crippen LogP contribution in [-0.2, 0) is 53.8 Å². The molecule has 1 aliphatic carbocycles. The first-order valence-corrected chi connectivity index (χ1v) is 20.4. The quantitative estimate of drug-likeness (QED) is 0.0772. The summed E-state index contributed by atoms with van der Waals surface area (Å²) in [6.45, 7) is 4.75. The van der Waals surface area contributed by atoms with Crippen LogP contribution in [0.25, 0.3) is 22.3 Å². The third kappa shape index (κ3) is 7.65. The van der Waals surface area contributed by atoms with Crippen molar-refractivity contribution in [1.29, 1.82) is 0 Å². The lowest BCUT2D eigenvalue weighted by Crippen LogP contribution is -2.44. The number of allylic oxidation sites excluding steroid dienone is 1. The molecule has 2 aromatic heterocycles. The minimum Gasteiger partial charge on any atom is -0.458 e. The Kier molecular flexibility index (Phi) is 12.8. The fourth-order valence-corrected chi connectivity index (χ4v) is 8.80. The molecule has 300 valence electrons. The minimum absolute atomic E-state index is 0.00161. The van der Waals surface area contributed by atoms with E-state index >= 15 is 0 Å². The van der Waals surface area contributed by atoms with Crippen LogP contribution in [0, 0.1) is 12.7 Å². The highest BCUT2D eigenvalue weighted by atomic mass is 32.2. The zero-order chi connectivity index (χ0) is 40.3. The third-order valence-corrected chi connectivity index (χ3v) is 12.2. The number of nitrogens with zero attached hydrogens (tertiary/aromatic N) is 3. The van der Waals surface area contributed by atoms with Gasteiger partial charge < -0.3 is 29.8 Å². The van der Waals surface area contributed by atoms with Crippen LogP contribution < -0.4 is 16.2 Å². The number of hydrogen-bond donors (Lipinski definition) is 3. The molecule has 0 spiro atoms. The molecule has 13 nitrogen and oxygen atoms in total. The number of nitrogens with one attached hydrogen (secondary N) is 2. The number of unbranched alkanes of at least 4 members (excludes halogenated alkanes) is 3. The van der Waals surface area contributed by atoms with Crippen LogP contribution in [0.3, 0.4) is 0 Å². The monoisotopic (exact) mass is 791 g/mol. The maximum Gasteiger partial charge on any atom is 0.343 e. The van der Waals surface area contributed by atoms with Gasteiger partial charge in [0.1, 0.15) is 19.0 Å². The van der Waals surface area contributed by atoms with E-state index in [2.05, 4.69) is 22.8 Å². The van der Waals surface area contributed by atoms with Crippen molar-refractivity contribution in [2.75, 3.05) is 40.1 Å². The average molecular weight is 792 g/mol. The topological polar surface area (TPSA) is 169 Å². The molecule has 1 saturated heterocycles. The fraction of sp³-hybridized carbons (Fsp3) is 0.512. The number of likely N-dealkylation sites (tertiary alicyclic amines) is 1. The molecule has 0 saturated carbocycles. The number of fused-ring (bicyclic) bond motifs is 5. The molecule has 5 heterocycles. The maximum atomic E-state index is 14.9. The van der Waals surface area contributed by atoms with E-state index in [4.69, 9.17) is 14.5 Å². The van der Waals surface area contributed by atoms with Gasteiger partial charge in [0.25, 0.3) is 5.56 Å². The molecule has 15 heteroatoms. The number of imide groups is 1. The van der Waals surface area contributed by atoms with E-state index in [0.29, 0.717) is 48.3 Å². The van der Waals surface area contributed by atoms with Gasteiger partial charge in [0.15, 0.2) is 5.60 Å². The van der Waals surface area contributed by atoms with Gasteiger partial charge in [-0.25, -0.2) is 14.2 Å². The number of aliphatic hydroxyl groups is 1. The fourth-order valence-electron chi connectivity index (χ4n) is 8.17. The van der Waals surface area contributed by atoms with Crippen LogP contribution in [0.2, 0.25) is 0 Å². The number of cyclic esters (lactones) is 1. The number of benzene rings is 1. The molecule has 7 rings (SSSR count). The summed E-state index contributed by atoms with van der Waals surface area (Å²) in [4.78, 5) is 68.3. The Balaban J connectivity index is 0.000000237. The number of rotatable bonds is 13. The van der Waals surface area contributed by atoms with Gasteiger partial charge in [-0.3, -0.25) is 24.1 Å². The van der Waals surface area contributed by atoms with Gasteiger partial charge in [-0.05, 0) is 81.5 Å². The number of methoxy groups -OCH3 is 1. The van der Waals surface area contributed by atoms with Crippen LogP contribution in [0.5, 0.6) is 0 Å². The second kappa shape index (κ2) is 17.4. The van der Waals surface area contributed by atoms with Crippen molar-refractivity contribution >= 4 is 46.4 Å². The number of thioether (sulfide) groups is 1. The first kappa shape index (κ1) is 41.2. The summed E-state index contributed by atoms with van der Waals surface area (Å²) >= 11 is 1.48. The highest BCUT2D eigenvalue weighted by molar-refractivity contribution is 8.00. The second-order valence-corrected chi connectivity index (χ2v) is 15.6. The van der Waals surface area contributed by atoms with E-state index < -0.39 is 11.6 Å². The molecule has 4 aliphatic rings. The molecular formula is C41H50FN5O8S. The zero-order valence-corrected chi connectivity index (χ0v) is 33.4. The number of aryl methyl sites for hydroxylation is 1. The number of ether oxygens (including phenoxy) is 2. The number of esters is 1. The van der Waals surface area contributed by atoms with Gasteiger partial charge in [0.2, 0.25) is 17.7 Å². The molecule has 0 radical (unpaired) electrons. The van der Waals surface area contributed by atoms with E-state index in [1.165, 1.54) is 29.8 Å². The summed E-state index contributed by atoms with van der Waals surface area (Å²) in [5.41, 5.74) is 2.43. The molecule has 3 atom stereocenters. The molecule has 3 aliphatic heterocycles. The molecule has 0 bridgehead atoms. The Hall–Kier alpha value is -4.44. The summed E-state index contributed by atoms with van der Waals surface area (Å²) < 4.78 is 26.6. The Morgan fingerprint density at radius 3 is 2.64 bits per heavy atom. The van der Waals surface area contributed by atoms with Crippen molar-refractivity contribution < 1.29 is 38.1 Å². The van der Waals surface area contributed by atoms with E-state index in [1.807, 2.05) is 13.3 Å². The normalized spacial score (nSPS) is 20.8. The van der Waals surface area contributed by atoms with Gasteiger partial charge in [-0.15, -0.1) is 0 Å². The Morgan fingerprint density at radius 2 is 1.95 bits per heavy atom. The summed E-state index contributed by atoms with van der Waals surface area (Å²) in [5, 5.41) is 17.9. The van der Waals surface area contributed by atoms with Crippen molar-refractivity contribution in [3.63, 3.8) is 0 Å². The molecule has 1 unspecified atom stereocenters. The Morgan fingerprint density at radius 1 is 1.16 bits per heavy atom. The summed E-state index contributed by atoms with van der Waals surface area (Å²) in [6.07, 6.45) is 11.9. The first-order valence-electron chi connectivity index (χ1n) is 19.2. The molecular weight excluding hydrogens is 742 g/mol. The summed E-state index contributed by atoms with van der Waals surface area (Å²) in [6, 6.07) is 2.64. The van der Waals surface area contributed by atoms with E-state index in [0.717, 1.165) is 54.3 Å². The number of halogens is 1. The van der Waals surface area contributed by atoms with Crippen LogP contribution in [-0.4, -0.2) is 88.6 Å². The van der Waals surface area contributed by atoms with E-state index in [-0.39, 0.29) is 77.7 Å². The van der Waals surface area contributed by atoms with Gasteiger partial charge in [0.05, 0.1) is 40.3 Å². The summed E-state index contributed by atoms with van der Waals surface area (Å²) in [5.74, 6) is -1.44. The van der Waals surface area contributed by atoms with Gasteiger partial charge in [-0.2, -0.15) is 11.8 Å². The lowest BCUT2D eigenvalue weighted by Gasteiger charge is -2.31. The Bertz CT molecular complexity index is 2150. The molecule has 1 fully saturated rings. The van der Waals surface area contributed by atoms with E-state index in [1.54, 1.807) is 24.5 Å². The van der Waals surface area contributed by atoms with Gasteiger partial charge in [-0.1, -0.05) is 25.5 Å². The van der Waals surface area contributed by atoms with Gasteiger partial charge >= 0.3 is 5.97 Å². The van der Waals surface area contributed by atoms with Crippen molar-refractivity contribution in [3.05, 3.63) is 73.8 Å². The number of pyridine rings is 2. The third-order valence-electron chi connectivity index (χ3n) is 11.2. The number of amides is 3. The Labute approximate surface area is 329 Å². The largest absolute Gasteiger partial charge is 0.458 e. The van der Waals surface area contributed by atoms with Crippen LogP contribution >= 0.6 is 11.8 Å². The number of hydrogen-bond acceptors (Lipinski definition) is 11. The lowest BCUT2D eigenvalue weighted by molar-refractivity contribution is -0.172. The predicted octanol–water partition coefficient (Wildman–Crippen LogP) is 4.09. The van der Waals surface area contributed by atoms with Crippen LogP contribution in [0.15, 0.2) is 29.1 Å². The smallest absolute Gasteiger partial charge is 0.343 e. The van der Waals surface area contributed by atoms with Gasteiger partial charge in [0, 0.05) is 49.2 Å². The molecule has 3 aromatic rings. The standard InChI is InChI=1S/C27H26FN3O6.C14H24N2O2S/c1-4-27(35)16-7-20-24-14(9-31(20)25(33)15(16)10-37-26(27)34)23-18(29-21(32)11-36-3)6-5-13-12(2)17(28)8-19(30-24)22(13)23;1-15-9-7-5-3-4-6-8-10-16-13(17)11-12(19-2)14(16)18/h7-8,18,35H,4-6,9-11H2,1-3H3,(H,29,32);5,7,12,15H,3-4,6,8-11H2,1-2H3/t18-,27-;/m0./s1. The second-order valence-electron chi connectivity index (χ2n) is 14.6. The first-order chi connectivity index (χ1) is 26.9. The predicted molar refractivity (Wildman–Crippen MR) is 210 cm³/mol. The number of aromatic nitrogens is 2. The maximum absolute atomic E-state index is 14.9. The SMILES string of the molecule is CC[C@@]1(O)C(=O)OCc2c1cc1n(c2=O)Cc2c-1nc1cc(F)c(C)c3c1c2[C@@H](NC(=O)COC)CC3.CNCC=CCCCCCN1C(=O)CC(SC)C1=O. The number of carbonyl (C=O) groups is 4. The van der Waals surface area contributed by atoms with Crippen molar-refractivity contribution in [2.45, 2.75) is 95.3 Å². The van der Waals surface area contributed by atoms with Crippen molar-refractivity contribution in [1.82, 2.24) is 25.1 Å². The highest BCUT2D eigenvalue weighted by Crippen LogP contribution is 2.46. The zero-order valence-electron chi connectivity index (χ0n) is 32.6. The molecule has 1 aromatic carbocycles. The highest BCUT2D eigenvalue weighted by Gasteiger charge is 2.46. The number of likely N-dealkylation sites (N-methyl/N-ethyl adjacent to an activating group) is 1. The average Bonchev–Trinajstić information content (AvgIpc) is 3.69. The van der Waals surface area contributed by atoms with Crippen LogP contribution in [0.1, 0.15) is 91.3 Å². The van der Waals surface area contributed by atoms with E-state index in [9.17, 15) is 33.5 Å². The van der Waals surface area contributed by atoms with Crippen molar-refractivity contribution in [2.24, 2.45) is 0 Å². The number of carbonyl (C=O) groups excluding carboxylic acids is 4. The minimum atomic E-state index is -1.94. The summed E-state index contributed by atoms with van der Waals surface area (Å²) in [7, 11) is 3.37. The molecule has 56 heavy (non-hydrogen) atoms. The van der Waals surface area contributed by atoms with Crippen LogP contribution in [0.4, 0.5) is 4.39 Å². The molecule has 3 amide bonds. The lowest BCUT2D eigenvalue weighted by atomic mass is 9.81.